The molecule has 1 atom stereocenters. The van der Waals surface area contributed by atoms with E-state index in [0.29, 0.717) is 13.2 Å². The third kappa shape index (κ3) is 5.07. The number of esters is 1. The van der Waals surface area contributed by atoms with Crippen LogP contribution in [0.25, 0.3) is 22.3 Å². The molecular weight excluding hydrogens is 520 g/mol. The number of fused-ring (bicyclic) bond motifs is 4. The van der Waals surface area contributed by atoms with Crippen molar-refractivity contribution in [1.29, 1.82) is 0 Å². The molecule has 1 aliphatic carbocycles. The average Bonchev–Trinajstić information content (AvgIpc) is 3.31. The van der Waals surface area contributed by atoms with E-state index in [1.807, 2.05) is 24.3 Å². The first-order chi connectivity index (χ1) is 20.6. The van der Waals surface area contributed by atoms with Crippen molar-refractivity contribution >= 4 is 17.0 Å². The van der Waals surface area contributed by atoms with Crippen LogP contribution in [0.5, 0.6) is 5.75 Å². The van der Waals surface area contributed by atoms with Gasteiger partial charge < -0.3 is 9.47 Å². The van der Waals surface area contributed by atoms with Crippen LogP contribution in [0, 0.1) is 6.92 Å². The van der Waals surface area contributed by atoms with Gasteiger partial charge in [-0.3, -0.25) is 0 Å². The lowest BCUT2D eigenvalue weighted by Gasteiger charge is -2.32. The van der Waals surface area contributed by atoms with Crippen LogP contribution in [0.4, 0.5) is 0 Å². The molecule has 1 unspecified atom stereocenters. The number of hydrogen-bond acceptors (Lipinski definition) is 5. The van der Waals surface area contributed by atoms with Crippen LogP contribution < -0.4 is 4.74 Å². The van der Waals surface area contributed by atoms with E-state index in [2.05, 4.69) is 86.3 Å². The summed E-state index contributed by atoms with van der Waals surface area (Å²) in [6.07, 6.45) is 4.98. The van der Waals surface area contributed by atoms with Crippen LogP contribution in [-0.2, 0) is 14.9 Å². The largest absolute Gasteiger partial charge is 0.494 e. The third-order valence-corrected chi connectivity index (χ3v) is 8.00. The van der Waals surface area contributed by atoms with Gasteiger partial charge in [-0.2, -0.15) is 0 Å². The molecule has 42 heavy (non-hydrogen) atoms. The van der Waals surface area contributed by atoms with Gasteiger partial charge in [0.05, 0.1) is 41.1 Å². The summed E-state index contributed by atoms with van der Waals surface area (Å²) in [4.78, 5) is 21.6. The zero-order chi connectivity index (χ0) is 28.9. The van der Waals surface area contributed by atoms with E-state index in [4.69, 9.17) is 19.4 Å². The van der Waals surface area contributed by atoms with Gasteiger partial charge in [-0.1, -0.05) is 84.9 Å². The summed E-state index contributed by atoms with van der Waals surface area (Å²) in [6, 6.07) is 33.9. The monoisotopic (exact) mass is 554 g/mol. The molecule has 5 heteroatoms. The highest BCUT2D eigenvalue weighted by Crippen LogP contribution is 2.55. The smallest absolute Gasteiger partial charge is 0.330 e. The zero-order valence-corrected chi connectivity index (χ0v) is 23.9. The second-order valence-electron chi connectivity index (χ2n) is 10.7. The molecule has 4 aromatic carbocycles. The van der Waals surface area contributed by atoms with Gasteiger partial charge in [-0.05, 0) is 73.6 Å². The number of benzene rings is 4. The van der Waals surface area contributed by atoms with Crippen LogP contribution in [0.1, 0.15) is 53.6 Å². The van der Waals surface area contributed by atoms with Gasteiger partial charge >= 0.3 is 5.97 Å². The van der Waals surface area contributed by atoms with Gasteiger partial charge in [0, 0.05) is 11.6 Å². The number of ether oxygens (including phenoxy) is 2. The summed E-state index contributed by atoms with van der Waals surface area (Å²) >= 11 is 0. The predicted octanol–water partition coefficient (Wildman–Crippen LogP) is 7.97. The first-order valence-electron chi connectivity index (χ1n) is 14.6. The number of aromatic nitrogens is 2. The van der Waals surface area contributed by atoms with E-state index in [1.54, 1.807) is 0 Å². The summed E-state index contributed by atoms with van der Waals surface area (Å²) in [6.45, 7) is 6.60. The Bertz CT molecular complexity index is 1730. The molecule has 0 amide bonds. The van der Waals surface area contributed by atoms with Crippen molar-refractivity contribution in [1.82, 2.24) is 9.97 Å². The zero-order valence-electron chi connectivity index (χ0n) is 23.9. The Labute approximate surface area is 246 Å². The van der Waals surface area contributed by atoms with Crippen molar-refractivity contribution in [3.8, 4) is 17.0 Å². The van der Waals surface area contributed by atoms with Gasteiger partial charge in [-0.15, -0.1) is 0 Å². The molecule has 0 fully saturated rings. The van der Waals surface area contributed by atoms with Crippen molar-refractivity contribution in [2.75, 3.05) is 13.2 Å². The number of carbonyl (C=O) groups is 1. The van der Waals surface area contributed by atoms with Gasteiger partial charge in [0.25, 0.3) is 0 Å². The molecule has 5 nitrogen and oxygen atoms in total. The Kier molecular flexibility index (Phi) is 7.83. The van der Waals surface area contributed by atoms with Gasteiger partial charge in [-0.25, -0.2) is 14.8 Å². The maximum atomic E-state index is 11.1. The number of aryl methyl sites for hydroxylation is 1. The second-order valence-corrected chi connectivity index (χ2v) is 10.7. The fourth-order valence-electron chi connectivity index (χ4n) is 5.93. The van der Waals surface area contributed by atoms with Crippen molar-refractivity contribution in [2.45, 2.75) is 38.0 Å². The highest BCUT2D eigenvalue weighted by atomic mass is 16.5. The minimum absolute atomic E-state index is 0.365. The first-order valence-corrected chi connectivity index (χ1v) is 14.6. The number of hydrogen-bond donors (Lipinski definition) is 0. The van der Waals surface area contributed by atoms with Crippen molar-refractivity contribution < 1.29 is 14.3 Å². The summed E-state index contributed by atoms with van der Waals surface area (Å²) in [7, 11) is 0. The Hall–Kier alpha value is -4.77. The lowest BCUT2D eigenvalue weighted by atomic mass is 9.69. The first kappa shape index (κ1) is 27.4. The lowest BCUT2D eigenvalue weighted by molar-refractivity contribution is -0.137. The SMILES string of the molecule is C=CC(=O)OCCCCCCOc1ccc(C2(c3ccc(C)cc3)c3ccccc3-c3nc4ccccc4nc32)cc1. The molecule has 5 aromatic rings. The van der Waals surface area contributed by atoms with Crippen molar-refractivity contribution in [2.24, 2.45) is 0 Å². The minimum atomic E-state index is -0.607. The second kappa shape index (κ2) is 12.0. The normalized spacial score (nSPS) is 15.2. The molecule has 210 valence electrons. The molecule has 0 bridgehead atoms. The third-order valence-electron chi connectivity index (χ3n) is 8.00. The molecule has 0 aliphatic heterocycles. The summed E-state index contributed by atoms with van der Waals surface area (Å²) in [5.74, 6) is 0.477. The van der Waals surface area contributed by atoms with Crippen LogP contribution in [0.15, 0.2) is 110 Å². The molecule has 1 aromatic heterocycles. The number of carbonyl (C=O) groups excluding carboxylic acids is 1. The van der Waals surface area contributed by atoms with E-state index in [1.165, 1.54) is 17.2 Å². The standard InChI is InChI=1S/C37H34N2O3/c1-3-34(40)42-25-11-5-4-10-24-41-29-22-20-28(21-23-29)37(27-18-16-26(2)17-19-27)31-13-7-6-12-30(31)35-36(37)39-33-15-9-8-14-32(33)38-35/h3,6-9,12-23H,1,4-5,10-11,24-25H2,2H3. The van der Waals surface area contributed by atoms with Crippen LogP contribution in [0.2, 0.25) is 0 Å². The molecule has 0 radical (unpaired) electrons. The lowest BCUT2D eigenvalue weighted by Crippen LogP contribution is -2.29. The summed E-state index contributed by atoms with van der Waals surface area (Å²) in [5.41, 5.74) is 8.88. The highest BCUT2D eigenvalue weighted by molar-refractivity contribution is 5.87. The Morgan fingerprint density at radius 1 is 0.762 bits per heavy atom. The molecule has 0 N–H and O–H groups in total. The topological polar surface area (TPSA) is 61.3 Å². The van der Waals surface area contributed by atoms with Gasteiger partial charge in [0.15, 0.2) is 0 Å². The van der Waals surface area contributed by atoms with Crippen LogP contribution in [-0.4, -0.2) is 29.2 Å². The molecule has 0 saturated heterocycles. The van der Waals surface area contributed by atoms with E-state index in [0.717, 1.165) is 70.5 Å². The Morgan fingerprint density at radius 3 is 2.10 bits per heavy atom. The fourth-order valence-corrected chi connectivity index (χ4v) is 5.93. The van der Waals surface area contributed by atoms with E-state index < -0.39 is 5.41 Å². The van der Waals surface area contributed by atoms with E-state index in [-0.39, 0.29) is 5.97 Å². The number of nitrogens with zero attached hydrogens (tertiary/aromatic N) is 2. The summed E-state index contributed by atoms with van der Waals surface area (Å²) in [5, 5.41) is 0. The van der Waals surface area contributed by atoms with E-state index in [9.17, 15) is 4.79 Å². The average molecular weight is 555 g/mol. The van der Waals surface area contributed by atoms with Crippen LogP contribution >= 0.6 is 0 Å². The van der Waals surface area contributed by atoms with Crippen molar-refractivity contribution in [3.05, 3.63) is 138 Å². The highest BCUT2D eigenvalue weighted by Gasteiger charge is 2.48. The van der Waals surface area contributed by atoms with Crippen LogP contribution in [0.3, 0.4) is 0 Å². The fraction of sp³-hybridized carbons (Fsp3) is 0.216. The predicted molar refractivity (Wildman–Crippen MR) is 167 cm³/mol. The summed E-state index contributed by atoms with van der Waals surface area (Å²) < 4.78 is 11.1. The maximum absolute atomic E-state index is 11.1. The molecule has 1 heterocycles. The quantitative estimate of drug-likeness (QED) is 0.0923. The molecular formula is C37H34N2O3. The Balaban J connectivity index is 1.30. The Morgan fingerprint density at radius 2 is 1.38 bits per heavy atom. The maximum Gasteiger partial charge on any atom is 0.330 e. The molecule has 1 aliphatic rings. The minimum Gasteiger partial charge on any atom is -0.494 e. The molecule has 0 saturated carbocycles. The van der Waals surface area contributed by atoms with Gasteiger partial charge in [0.1, 0.15) is 5.75 Å². The number of rotatable bonds is 11. The van der Waals surface area contributed by atoms with Gasteiger partial charge in [0.2, 0.25) is 0 Å². The molecule has 0 spiro atoms. The van der Waals surface area contributed by atoms with Crippen molar-refractivity contribution in [3.63, 3.8) is 0 Å². The number of unbranched alkanes of at least 4 members (excludes halogenated alkanes) is 3. The molecule has 6 rings (SSSR count). The van der Waals surface area contributed by atoms with E-state index >= 15 is 0 Å². The number of para-hydroxylation sites is 2.